The number of fused-ring (bicyclic) bond motifs is 5. The molecule has 1 aliphatic carbocycles. The number of aryl methyl sites for hydroxylation is 3. The summed E-state index contributed by atoms with van der Waals surface area (Å²) in [5.41, 5.74) is -9.90. The van der Waals surface area contributed by atoms with Crippen LogP contribution in [0.3, 0.4) is 0 Å². The minimum Gasteiger partial charge on any atom is -0.510 e. The quantitative estimate of drug-likeness (QED) is 0.118. The Morgan fingerprint density at radius 2 is 1.46 bits per heavy atom. The van der Waals surface area contributed by atoms with Gasteiger partial charge in [0.05, 0.1) is 20.8 Å². The van der Waals surface area contributed by atoms with Crippen LogP contribution in [0.4, 0.5) is 0 Å². The summed E-state index contributed by atoms with van der Waals surface area (Å²) in [6.07, 6.45) is 3.42. The fourth-order valence-corrected chi connectivity index (χ4v) is 9.79. The van der Waals surface area contributed by atoms with E-state index >= 15 is 0 Å². The van der Waals surface area contributed by atoms with Crippen LogP contribution in [0.15, 0.2) is 140 Å². The van der Waals surface area contributed by atoms with Gasteiger partial charge in [0.25, 0.3) is 6.33 Å². The van der Waals surface area contributed by atoms with Crippen LogP contribution in [0.5, 0.6) is 11.5 Å². The molecule has 11 rings (SSSR count). The molecule has 0 saturated carbocycles. The number of benzene rings is 7. The predicted octanol–water partition coefficient (Wildman–Crippen LogP) is 16.4. The van der Waals surface area contributed by atoms with Crippen molar-refractivity contribution in [1.82, 2.24) is 14.1 Å². The number of aromatic nitrogens is 4. The minimum absolute atomic E-state index is 0. The van der Waals surface area contributed by atoms with Crippen molar-refractivity contribution in [2.45, 2.75) is 118 Å². The van der Waals surface area contributed by atoms with Gasteiger partial charge in [-0.3, -0.25) is 4.57 Å². The molecule has 0 N–H and O–H groups in total. The maximum atomic E-state index is 10.2. The van der Waals surface area contributed by atoms with Crippen LogP contribution in [0.2, 0.25) is 0 Å². The Balaban J connectivity index is 0.0000100. The van der Waals surface area contributed by atoms with Crippen molar-refractivity contribution in [3.63, 3.8) is 0 Å². The normalized spacial score (nSPS) is 20.4. The monoisotopic (exact) mass is 1150 g/mol. The molecule has 0 fully saturated rings. The van der Waals surface area contributed by atoms with E-state index in [0.29, 0.717) is 11.3 Å². The molecule has 3 aromatic heterocycles. The summed E-state index contributed by atoms with van der Waals surface area (Å²) >= 11 is 0. The molecule has 72 heavy (non-hydrogen) atoms. The van der Waals surface area contributed by atoms with E-state index in [2.05, 4.69) is 39.2 Å². The van der Waals surface area contributed by atoms with E-state index in [1.165, 1.54) is 51.6 Å². The van der Waals surface area contributed by atoms with Gasteiger partial charge in [-0.25, -0.2) is 4.98 Å². The van der Waals surface area contributed by atoms with Gasteiger partial charge in [-0.2, -0.15) is 18.2 Å². The van der Waals surface area contributed by atoms with E-state index in [1.807, 2.05) is 47.0 Å². The Bertz CT molecular complexity index is 4700. The molecule has 0 atom stereocenters. The Morgan fingerprint density at radius 1 is 0.694 bits per heavy atom. The fraction of sp³-hybridized carbons (Fsp3) is 0.273. The maximum Gasteiger partial charge on any atom is 0.268 e. The van der Waals surface area contributed by atoms with Gasteiger partial charge >= 0.3 is 0 Å². The van der Waals surface area contributed by atoms with Gasteiger partial charge in [0.2, 0.25) is 0 Å². The van der Waals surface area contributed by atoms with Crippen molar-refractivity contribution in [1.29, 1.82) is 0 Å². The Hall–Kier alpha value is -6.55. The standard InChI is InChI=1S/C66H64N4O.Pt/c1-41-32-52(44-24-28-53-54(34-44)66(12,13)39-65(53,10)11)62(55(33-41)64(7,8)9)69-40-68(59-35-45(25-29-57(59)69)61-42(2)18-16-19-43(61)3)47-20-17-21-48(37-47)71-49-26-27-51-50-22-14-15-23-56(50)70(58(51)38-49)60-36-46(30-31-67-60)63(4,5)6;/h14-36H,39H2,1-13H3;/q-2;/i1D3,2D3,3D3,10D3,11D3,12D3,13D3,24D,28D,34D;. The molecule has 366 valence electrons. The second-order valence-electron chi connectivity index (χ2n) is 20.5. The average molecular weight is 1150 g/mol. The zero-order chi connectivity index (χ0) is 70.1. The first-order valence-electron chi connectivity index (χ1n) is 35.2. The van der Waals surface area contributed by atoms with Crippen LogP contribution in [-0.2, 0) is 42.7 Å². The molecular weight excluding hydrogens is 1060 g/mol. The smallest absolute Gasteiger partial charge is 0.268 e. The van der Waals surface area contributed by atoms with Crippen LogP contribution in [-0.4, -0.2) is 14.1 Å². The van der Waals surface area contributed by atoms with E-state index < -0.39 is 117 Å². The third-order valence-corrected chi connectivity index (χ3v) is 13.2. The summed E-state index contributed by atoms with van der Waals surface area (Å²) in [5.74, 6) is 1.02. The molecule has 0 unspecified atom stereocenters. The van der Waals surface area contributed by atoms with Gasteiger partial charge in [-0.15, -0.1) is 29.7 Å². The Labute approximate surface area is 474 Å². The van der Waals surface area contributed by atoms with Crippen LogP contribution >= 0.6 is 0 Å². The van der Waals surface area contributed by atoms with Gasteiger partial charge in [0.1, 0.15) is 5.82 Å². The molecular formula is C66H64N4OPt-2. The minimum atomic E-state index is -3.84. The van der Waals surface area contributed by atoms with Crippen LogP contribution < -0.4 is 9.30 Å². The summed E-state index contributed by atoms with van der Waals surface area (Å²) in [7, 11) is 0. The van der Waals surface area contributed by atoms with Crippen molar-refractivity contribution >= 4 is 32.8 Å². The van der Waals surface area contributed by atoms with Crippen molar-refractivity contribution < 1.29 is 63.3 Å². The number of imidazole rings is 1. The van der Waals surface area contributed by atoms with Gasteiger partial charge in [-0.05, 0) is 140 Å². The third-order valence-electron chi connectivity index (χ3n) is 13.2. The summed E-state index contributed by atoms with van der Waals surface area (Å²) in [5, 5.41) is 1.78. The van der Waals surface area contributed by atoms with E-state index in [0.717, 1.165) is 27.9 Å². The third kappa shape index (κ3) is 8.42. The summed E-state index contributed by atoms with van der Waals surface area (Å²) in [6.45, 7) is -12.6. The first-order valence-corrected chi connectivity index (χ1v) is 23.2. The molecule has 0 aliphatic heterocycles. The summed E-state index contributed by atoms with van der Waals surface area (Å²) < 4.78 is 226. The number of pyridine rings is 1. The van der Waals surface area contributed by atoms with Gasteiger partial charge in [0.15, 0.2) is 0 Å². The molecule has 1 aliphatic rings. The summed E-state index contributed by atoms with van der Waals surface area (Å²) in [4.78, 5) is 4.79. The van der Waals surface area contributed by atoms with Crippen molar-refractivity contribution in [3.05, 3.63) is 197 Å². The number of hydrogen-bond donors (Lipinski definition) is 0. The van der Waals surface area contributed by atoms with Gasteiger partial charge in [0, 0.05) is 73.1 Å². The maximum absolute atomic E-state index is 10.2. The van der Waals surface area contributed by atoms with Crippen LogP contribution in [0, 0.1) is 39.0 Å². The topological polar surface area (TPSA) is 35.9 Å². The molecule has 10 aromatic rings. The number of rotatable bonds is 7. The zero-order valence-electron chi connectivity index (χ0n) is 64.3. The van der Waals surface area contributed by atoms with Crippen molar-refractivity contribution in [2.24, 2.45) is 0 Å². The fourth-order valence-electron chi connectivity index (χ4n) is 9.79. The molecule has 0 bridgehead atoms. The van der Waals surface area contributed by atoms with Gasteiger partial charge in [-0.1, -0.05) is 159 Å². The first kappa shape index (κ1) is 28.0. The first-order chi connectivity index (χ1) is 43.6. The van der Waals surface area contributed by atoms with E-state index in [9.17, 15) is 4.11 Å². The largest absolute Gasteiger partial charge is 0.510 e. The number of nitrogens with zero attached hydrogens (tertiary/aromatic N) is 4. The molecule has 7 aromatic carbocycles. The number of para-hydroxylation sites is 1. The van der Waals surface area contributed by atoms with Gasteiger partial charge < -0.3 is 13.9 Å². The van der Waals surface area contributed by atoms with E-state index in [1.54, 1.807) is 51.2 Å². The molecule has 0 radical (unpaired) electrons. The number of ether oxygens (including phenoxy) is 1. The predicted molar refractivity (Wildman–Crippen MR) is 293 cm³/mol. The van der Waals surface area contributed by atoms with Crippen LogP contribution in [0.1, 0.15) is 147 Å². The Kier molecular flexibility index (Phi) is 6.85. The summed E-state index contributed by atoms with van der Waals surface area (Å²) in [6, 6.07) is 34.5. The van der Waals surface area contributed by atoms with E-state index in [4.69, 9.17) is 38.5 Å². The second-order valence-corrected chi connectivity index (χ2v) is 20.5. The second kappa shape index (κ2) is 17.6. The van der Waals surface area contributed by atoms with E-state index in [-0.39, 0.29) is 88.2 Å². The van der Waals surface area contributed by atoms with Crippen LogP contribution in [0.25, 0.3) is 72.3 Å². The molecule has 0 saturated heterocycles. The van der Waals surface area contributed by atoms with Crippen molar-refractivity contribution in [3.8, 4) is 50.9 Å². The molecule has 6 heteroatoms. The Morgan fingerprint density at radius 3 is 2.21 bits per heavy atom. The number of hydrogen-bond acceptors (Lipinski definition) is 2. The molecule has 0 spiro atoms. The average Bonchev–Trinajstić information content (AvgIpc) is 1.48. The SMILES string of the molecule is [2H]c1c([2H])c2c(c([2H])c1-c1cc(C([2H])([2H])[2H])cc(C(C)(C)C)c1-[n+]1[c-]n(-c3[c-]c(Oc4[c-]c5c(cc4)c4ccccc4n5-c4cc(C(C)(C)C)ccn4)ccc3)c3cc(-c4c(C([2H])([2H])[2H])cccc4C([2H])([2H])[2H])ccc31)C(C([2H])([2H])[2H])(C([2H])([2H])[2H])CC2(C([2H])([2H])[2H])C([2H])([2H])[2H].[Pt]. The zero-order valence-corrected chi connectivity index (χ0v) is 42.5. The molecule has 5 nitrogen and oxygen atoms in total. The molecule has 3 heterocycles. The van der Waals surface area contributed by atoms with Crippen molar-refractivity contribution in [2.75, 3.05) is 0 Å². The molecule has 0 amide bonds.